The highest BCUT2D eigenvalue weighted by Gasteiger charge is 2.09. The predicted octanol–water partition coefficient (Wildman–Crippen LogP) is 2.24. The van der Waals surface area contributed by atoms with Gasteiger partial charge in [-0.2, -0.15) is 14.4 Å². The van der Waals surface area contributed by atoms with Gasteiger partial charge in [0.05, 0.1) is 6.33 Å². The Morgan fingerprint density at radius 1 is 1.11 bits per heavy atom. The molecule has 3 aromatic rings. The van der Waals surface area contributed by atoms with Crippen molar-refractivity contribution in [2.45, 2.75) is 6.54 Å². The number of H-pyrrole nitrogens is 1. The van der Waals surface area contributed by atoms with Crippen molar-refractivity contribution in [3.8, 4) is 0 Å². The zero-order valence-electron chi connectivity index (χ0n) is 9.69. The number of aromatic amines is 1. The summed E-state index contributed by atoms with van der Waals surface area (Å²) in [5, 5.41) is 2.95. The van der Waals surface area contributed by atoms with Crippen LogP contribution in [0.15, 0.2) is 30.6 Å². The second kappa shape index (κ2) is 4.60. The van der Waals surface area contributed by atoms with Crippen LogP contribution in [0.5, 0.6) is 0 Å². The van der Waals surface area contributed by atoms with E-state index in [1.54, 1.807) is 12.1 Å². The molecule has 0 radical (unpaired) electrons. The third-order valence-corrected chi connectivity index (χ3v) is 2.62. The van der Waals surface area contributed by atoms with Gasteiger partial charge in [0.25, 0.3) is 0 Å². The summed E-state index contributed by atoms with van der Waals surface area (Å²) < 4.78 is 26.0. The van der Waals surface area contributed by atoms with Crippen molar-refractivity contribution in [3.63, 3.8) is 0 Å². The Kier molecular flexibility index (Phi) is 2.79. The molecule has 0 saturated carbocycles. The molecule has 96 valence electrons. The maximum absolute atomic E-state index is 13.2. The fourth-order valence-corrected chi connectivity index (χ4v) is 1.72. The summed E-state index contributed by atoms with van der Waals surface area (Å²) in [6.45, 7) is 0.388. The first-order valence-electron chi connectivity index (χ1n) is 5.57. The second-order valence-electron chi connectivity index (χ2n) is 3.92. The Bertz CT molecular complexity index is 708. The molecule has 0 bridgehead atoms. The van der Waals surface area contributed by atoms with Crippen molar-refractivity contribution in [2.24, 2.45) is 0 Å². The maximum atomic E-state index is 13.2. The quantitative estimate of drug-likeness (QED) is 0.709. The number of hydrogen-bond acceptors (Lipinski definition) is 4. The van der Waals surface area contributed by atoms with Crippen molar-refractivity contribution in [1.82, 2.24) is 19.9 Å². The van der Waals surface area contributed by atoms with Crippen LogP contribution in [0.2, 0.25) is 0 Å². The van der Waals surface area contributed by atoms with Crippen LogP contribution in [-0.2, 0) is 6.54 Å². The van der Waals surface area contributed by atoms with Crippen LogP contribution in [0.3, 0.4) is 0 Å². The van der Waals surface area contributed by atoms with E-state index in [9.17, 15) is 8.78 Å². The number of hydrogen-bond donors (Lipinski definition) is 2. The molecule has 7 heteroatoms. The van der Waals surface area contributed by atoms with E-state index in [-0.39, 0.29) is 5.82 Å². The van der Waals surface area contributed by atoms with E-state index in [0.29, 0.717) is 23.5 Å². The lowest BCUT2D eigenvalue weighted by Gasteiger charge is -2.06. The number of fused-ring (bicyclic) bond motifs is 1. The van der Waals surface area contributed by atoms with Gasteiger partial charge in [0.15, 0.2) is 11.5 Å². The first-order chi connectivity index (χ1) is 9.22. The van der Waals surface area contributed by atoms with Gasteiger partial charge in [0.2, 0.25) is 0 Å². The first-order valence-corrected chi connectivity index (χ1v) is 5.57. The molecule has 2 heterocycles. The van der Waals surface area contributed by atoms with E-state index in [1.807, 2.05) is 0 Å². The molecule has 3 rings (SSSR count). The fourth-order valence-electron chi connectivity index (χ4n) is 1.72. The van der Waals surface area contributed by atoms with Crippen LogP contribution in [0.1, 0.15) is 5.56 Å². The van der Waals surface area contributed by atoms with Crippen LogP contribution in [0.4, 0.5) is 14.6 Å². The third kappa shape index (κ3) is 2.35. The van der Waals surface area contributed by atoms with Crippen LogP contribution in [-0.4, -0.2) is 19.9 Å². The molecular formula is C12H9F2N5. The summed E-state index contributed by atoms with van der Waals surface area (Å²) in [5.41, 5.74) is 1.64. The highest BCUT2D eigenvalue weighted by Crippen LogP contribution is 2.16. The minimum Gasteiger partial charge on any atom is -0.364 e. The van der Waals surface area contributed by atoms with Gasteiger partial charge in [-0.05, 0) is 17.7 Å². The summed E-state index contributed by atoms with van der Waals surface area (Å²) in [4.78, 5) is 14.0. The average molecular weight is 261 g/mol. The Hall–Kier alpha value is -2.57. The highest BCUT2D eigenvalue weighted by molar-refractivity contribution is 5.81. The second-order valence-corrected chi connectivity index (χ2v) is 3.92. The number of imidazole rings is 1. The van der Waals surface area contributed by atoms with Crippen LogP contribution in [0.25, 0.3) is 11.2 Å². The minimum atomic E-state index is -0.835. The largest absolute Gasteiger partial charge is 0.364 e. The molecular weight excluding hydrogens is 252 g/mol. The number of nitrogens with one attached hydrogen (secondary N) is 2. The summed E-state index contributed by atoms with van der Waals surface area (Å²) >= 11 is 0. The molecule has 0 amide bonds. The molecule has 5 nitrogen and oxygen atoms in total. The molecule has 0 atom stereocenters. The molecule has 0 aliphatic heterocycles. The zero-order chi connectivity index (χ0) is 13.2. The van der Waals surface area contributed by atoms with Gasteiger partial charge < -0.3 is 10.3 Å². The third-order valence-electron chi connectivity index (χ3n) is 2.62. The molecule has 0 fully saturated rings. The van der Waals surface area contributed by atoms with Crippen molar-refractivity contribution in [1.29, 1.82) is 0 Å². The molecule has 19 heavy (non-hydrogen) atoms. The molecule has 1 aromatic carbocycles. The van der Waals surface area contributed by atoms with Gasteiger partial charge in [-0.15, -0.1) is 0 Å². The molecule has 2 N–H and O–H groups in total. The van der Waals surface area contributed by atoms with Crippen molar-refractivity contribution < 1.29 is 8.78 Å². The molecule has 0 spiro atoms. The van der Waals surface area contributed by atoms with Gasteiger partial charge in [-0.3, -0.25) is 0 Å². The van der Waals surface area contributed by atoms with Gasteiger partial charge in [-0.25, -0.2) is 9.37 Å². The Labute approximate surface area is 106 Å². The van der Waals surface area contributed by atoms with Crippen molar-refractivity contribution >= 4 is 17.0 Å². The lowest BCUT2D eigenvalue weighted by molar-refractivity contribution is 0.545. The molecule has 0 aliphatic carbocycles. The summed E-state index contributed by atoms with van der Waals surface area (Å²) in [7, 11) is 0. The van der Waals surface area contributed by atoms with E-state index < -0.39 is 6.08 Å². The number of benzene rings is 1. The van der Waals surface area contributed by atoms with Crippen LogP contribution >= 0.6 is 0 Å². The number of aromatic nitrogens is 4. The summed E-state index contributed by atoms with van der Waals surface area (Å²) in [6.07, 6.45) is 0.584. The Morgan fingerprint density at radius 3 is 2.68 bits per heavy atom. The van der Waals surface area contributed by atoms with E-state index in [0.717, 1.165) is 5.56 Å². The number of halogens is 2. The topological polar surface area (TPSA) is 66.5 Å². The van der Waals surface area contributed by atoms with Crippen molar-refractivity contribution in [3.05, 3.63) is 48.1 Å². The molecule has 2 aromatic heterocycles. The molecule has 0 aliphatic rings. The van der Waals surface area contributed by atoms with Crippen LogP contribution in [0, 0.1) is 11.9 Å². The first kappa shape index (κ1) is 11.5. The smallest absolute Gasteiger partial charge is 0.312 e. The highest BCUT2D eigenvalue weighted by atomic mass is 19.1. The standard InChI is InChI=1S/C12H9F2N5/c13-8-3-1-7(2-4-8)5-15-10-9-11(17-6-16-9)19-12(14)18-10/h1-4,6H,5H2,(H2,15,16,17,18,19). The number of anilines is 1. The van der Waals surface area contributed by atoms with Gasteiger partial charge in [0, 0.05) is 6.54 Å². The predicted molar refractivity (Wildman–Crippen MR) is 65.4 cm³/mol. The van der Waals surface area contributed by atoms with E-state index >= 15 is 0 Å². The molecule has 0 saturated heterocycles. The zero-order valence-corrected chi connectivity index (χ0v) is 9.69. The number of rotatable bonds is 3. The van der Waals surface area contributed by atoms with Gasteiger partial charge >= 0.3 is 6.08 Å². The SMILES string of the molecule is Fc1ccc(CNc2nc(F)nc3[nH]cnc23)cc1. The van der Waals surface area contributed by atoms with Crippen LogP contribution < -0.4 is 5.32 Å². The van der Waals surface area contributed by atoms with E-state index in [2.05, 4.69) is 25.3 Å². The molecule has 0 unspecified atom stereocenters. The average Bonchev–Trinajstić information content (AvgIpc) is 2.85. The lowest BCUT2D eigenvalue weighted by atomic mass is 10.2. The maximum Gasteiger partial charge on any atom is 0.312 e. The lowest BCUT2D eigenvalue weighted by Crippen LogP contribution is -2.04. The van der Waals surface area contributed by atoms with Gasteiger partial charge in [-0.1, -0.05) is 12.1 Å². The van der Waals surface area contributed by atoms with Gasteiger partial charge in [0.1, 0.15) is 11.3 Å². The minimum absolute atomic E-state index is 0.299. The normalized spacial score (nSPS) is 10.8. The number of nitrogens with zero attached hydrogens (tertiary/aromatic N) is 3. The fraction of sp³-hybridized carbons (Fsp3) is 0.0833. The monoisotopic (exact) mass is 261 g/mol. The Balaban J connectivity index is 1.85. The Morgan fingerprint density at radius 2 is 1.89 bits per heavy atom. The van der Waals surface area contributed by atoms with E-state index in [4.69, 9.17) is 0 Å². The van der Waals surface area contributed by atoms with E-state index in [1.165, 1.54) is 18.5 Å². The summed E-state index contributed by atoms with van der Waals surface area (Å²) in [5.74, 6) is -0.000373. The summed E-state index contributed by atoms with van der Waals surface area (Å²) in [6, 6.07) is 6.01. The van der Waals surface area contributed by atoms with Crippen molar-refractivity contribution in [2.75, 3.05) is 5.32 Å².